The number of rotatable bonds is 2. The Morgan fingerprint density at radius 3 is 2.65 bits per heavy atom. The van der Waals surface area contributed by atoms with Gasteiger partial charge in [0.25, 0.3) is 0 Å². The molecule has 0 spiro atoms. The summed E-state index contributed by atoms with van der Waals surface area (Å²) in [4.78, 5) is 0. The van der Waals surface area contributed by atoms with Crippen molar-refractivity contribution in [1.82, 2.24) is 10.2 Å². The highest BCUT2D eigenvalue weighted by molar-refractivity contribution is 6.33. The topological polar surface area (TPSA) is 54.7 Å². The van der Waals surface area contributed by atoms with E-state index in [1.165, 1.54) is 12.1 Å². The summed E-state index contributed by atoms with van der Waals surface area (Å²) >= 11 is 6.21. The molecule has 3 N–H and O–H groups in total. The van der Waals surface area contributed by atoms with Gasteiger partial charge in [0.1, 0.15) is 5.82 Å². The van der Waals surface area contributed by atoms with Crippen molar-refractivity contribution < 1.29 is 4.39 Å². The predicted molar refractivity (Wildman–Crippen MR) is 78.8 cm³/mol. The lowest BCUT2D eigenvalue weighted by Crippen LogP contribution is -1.89. The van der Waals surface area contributed by atoms with Gasteiger partial charge in [-0.15, -0.1) is 0 Å². The molecule has 0 aliphatic rings. The monoisotopic (exact) mass is 287 g/mol. The van der Waals surface area contributed by atoms with Crippen LogP contribution in [-0.2, 0) is 0 Å². The minimum Gasteiger partial charge on any atom is -0.382 e. The smallest absolute Gasteiger partial charge is 0.153 e. The first-order valence-corrected chi connectivity index (χ1v) is 6.39. The lowest BCUT2D eigenvalue weighted by molar-refractivity contribution is 0.628. The van der Waals surface area contributed by atoms with E-state index in [1.807, 2.05) is 18.2 Å². The first kappa shape index (κ1) is 12.7. The molecule has 0 atom stereocenters. The van der Waals surface area contributed by atoms with E-state index in [4.69, 9.17) is 17.3 Å². The summed E-state index contributed by atoms with van der Waals surface area (Å²) in [5.41, 5.74) is 8.69. The van der Waals surface area contributed by atoms with Crippen molar-refractivity contribution >= 4 is 17.4 Å². The maximum absolute atomic E-state index is 13.4. The number of anilines is 1. The van der Waals surface area contributed by atoms with Crippen molar-refractivity contribution in [1.29, 1.82) is 0 Å². The number of nitrogen functional groups attached to an aromatic ring is 1. The third kappa shape index (κ3) is 2.14. The Kier molecular flexibility index (Phi) is 3.16. The number of H-pyrrole nitrogens is 1. The van der Waals surface area contributed by atoms with E-state index in [1.54, 1.807) is 18.2 Å². The Hall–Kier alpha value is -2.33. The van der Waals surface area contributed by atoms with Crippen LogP contribution in [0.4, 0.5) is 10.2 Å². The van der Waals surface area contributed by atoms with Crippen LogP contribution in [0.1, 0.15) is 0 Å². The number of aromatic amines is 1. The average molecular weight is 288 g/mol. The number of hydrogen-bond donors (Lipinski definition) is 2. The quantitative estimate of drug-likeness (QED) is 0.745. The van der Waals surface area contributed by atoms with Crippen molar-refractivity contribution in [2.75, 3.05) is 5.73 Å². The molecule has 0 aliphatic heterocycles. The van der Waals surface area contributed by atoms with E-state index in [2.05, 4.69) is 10.2 Å². The van der Waals surface area contributed by atoms with Gasteiger partial charge in [-0.2, -0.15) is 5.10 Å². The van der Waals surface area contributed by atoms with Crippen LogP contribution in [0.5, 0.6) is 0 Å². The Balaban J connectivity index is 2.23. The highest BCUT2D eigenvalue weighted by Gasteiger charge is 2.17. The summed E-state index contributed by atoms with van der Waals surface area (Å²) in [6.07, 6.45) is 0. The maximum Gasteiger partial charge on any atom is 0.153 e. The van der Waals surface area contributed by atoms with Gasteiger partial charge in [-0.3, -0.25) is 5.10 Å². The van der Waals surface area contributed by atoms with Gasteiger partial charge in [0, 0.05) is 16.1 Å². The molecule has 3 nitrogen and oxygen atoms in total. The lowest BCUT2D eigenvalue weighted by atomic mass is 10.0. The molecule has 0 fully saturated rings. The number of nitrogens with zero attached hydrogens (tertiary/aromatic N) is 1. The van der Waals surface area contributed by atoms with Gasteiger partial charge in [-0.25, -0.2) is 4.39 Å². The lowest BCUT2D eigenvalue weighted by Gasteiger charge is -2.06. The molecular formula is C15H11ClFN3. The fraction of sp³-hybridized carbons (Fsp3) is 0. The normalized spacial score (nSPS) is 10.7. The molecule has 20 heavy (non-hydrogen) atoms. The second-order valence-corrected chi connectivity index (χ2v) is 4.76. The van der Waals surface area contributed by atoms with Gasteiger partial charge in [0.2, 0.25) is 0 Å². The van der Waals surface area contributed by atoms with Crippen molar-refractivity contribution in [2.45, 2.75) is 0 Å². The number of nitrogens with two attached hydrogens (primary N) is 1. The first-order chi connectivity index (χ1) is 9.66. The first-order valence-electron chi connectivity index (χ1n) is 6.01. The number of aromatic nitrogens is 2. The summed E-state index contributed by atoms with van der Waals surface area (Å²) in [5.74, 6) is 0.0122. The van der Waals surface area contributed by atoms with Crippen LogP contribution < -0.4 is 5.73 Å². The zero-order chi connectivity index (χ0) is 14.1. The number of halogens is 2. The molecule has 1 aromatic heterocycles. The van der Waals surface area contributed by atoms with Crippen molar-refractivity contribution in [2.24, 2.45) is 0 Å². The van der Waals surface area contributed by atoms with Crippen molar-refractivity contribution in [3.05, 3.63) is 59.4 Å². The van der Waals surface area contributed by atoms with Crippen LogP contribution in [0.25, 0.3) is 22.4 Å². The summed E-state index contributed by atoms with van der Waals surface area (Å²) < 4.78 is 13.4. The van der Waals surface area contributed by atoms with Gasteiger partial charge >= 0.3 is 0 Å². The van der Waals surface area contributed by atoms with Crippen molar-refractivity contribution in [3.63, 3.8) is 0 Å². The van der Waals surface area contributed by atoms with Gasteiger partial charge in [-0.05, 0) is 18.2 Å². The number of nitrogens with one attached hydrogen (secondary N) is 1. The molecule has 0 radical (unpaired) electrons. The molecule has 2 aromatic carbocycles. The zero-order valence-corrected chi connectivity index (χ0v) is 11.2. The molecular weight excluding hydrogens is 277 g/mol. The molecule has 0 saturated carbocycles. The third-order valence-electron chi connectivity index (χ3n) is 3.05. The number of hydrogen-bond acceptors (Lipinski definition) is 2. The van der Waals surface area contributed by atoms with Crippen molar-refractivity contribution in [3.8, 4) is 22.4 Å². The molecule has 3 rings (SSSR count). The van der Waals surface area contributed by atoms with E-state index in [9.17, 15) is 4.39 Å². The second-order valence-electron chi connectivity index (χ2n) is 4.35. The molecule has 5 heteroatoms. The van der Waals surface area contributed by atoms with Gasteiger partial charge in [0.05, 0.1) is 11.3 Å². The second kappa shape index (κ2) is 4.98. The average Bonchev–Trinajstić information content (AvgIpc) is 2.81. The van der Waals surface area contributed by atoms with Gasteiger partial charge in [0.15, 0.2) is 5.82 Å². The Labute approximate surface area is 120 Å². The highest BCUT2D eigenvalue weighted by atomic mass is 35.5. The van der Waals surface area contributed by atoms with E-state index < -0.39 is 0 Å². The van der Waals surface area contributed by atoms with E-state index in [-0.39, 0.29) is 5.82 Å². The van der Waals surface area contributed by atoms with Gasteiger partial charge in [-0.1, -0.05) is 41.9 Å². The summed E-state index contributed by atoms with van der Waals surface area (Å²) in [7, 11) is 0. The van der Waals surface area contributed by atoms with E-state index >= 15 is 0 Å². The fourth-order valence-electron chi connectivity index (χ4n) is 2.15. The zero-order valence-electron chi connectivity index (χ0n) is 10.4. The molecule has 0 aliphatic carbocycles. The minimum absolute atomic E-state index is 0.319. The molecule has 0 saturated heterocycles. The SMILES string of the molecule is Nc1n[nH]c(-c2cccc(F)c2)c1-c1ccccc1Cl. The third-order valence-corrected chi connectivity index (χ3v) is 3.38. The molecule has 0 bridgehead atoms. The highest BCUT2D eigenvalue weighted by Crippen LogP contribution is 2.38. The Bertz CT molecular complexity index is 767. The molecule has 0 unspecified atom stereocenters. The van der Waals surface area contributed by atoms with Crippen LogP contribution in [0.3, 0.4) is 0 Å². The summed E-state index contributed by atoms with van der Waals surface area (Å²) in [6.45, 7) is 0. The van der Waals surface area contributed by atoms with Crippen LogP contribution in [0, 0.1) is 5.82 Å². The Morgan fingerprint density at radius 2 is 1.90 bits per heavy atom. The van der Waals surface area contributed by atoms with E-state index in [0.717, 1.165) is 5.56 Å². The van der Waals surface area contributed by atoms with Crippen LogP contribution in [0.15, 0.2) is 48.5 Å². The Morgan fingerprint density at radius 1 is 1.10 bits per heavy atom. The van der Waals surface area contributed by atoms with Gasteiger partial charge < -0.3 is 5.73 Å². The maximum atomic E-state index is 13.4. The predicted octanol–water partition coefficient (Wildman–Crippen LogP) is 4.12. The molecule has 3 aromatic rings. The van der Waals surface area contributed by atoms with Crippen LogP contribution in [0.2, 0.25) is 5.02 Å². The molecule has 100 valence electrons. The van der Waals surface area contributed by atoms with Crippen LogP contribution >= 0.6 is 11.6 Å². The molecule has 1 heterocycles. The standard InChI is InChI=1S/C15H11ClFN3/c16-12-7-2-1-6-11(12)13-14(19-20-15(13)18)9-4-3-5-10(17)8-9/h1-8H,(H3,18,19,20). The summed E-state index contributed by atoms with van der Waals surface area (Å²) in [5, 5.41) is 7.42. The van der Waals surface area contributed by atoms with Crippen LogP contribution in [-0.4, -0.2) is 10.2 Å². The van der Waals surface area contributed by atoms with E-state index in [0.29, 0.717) is 27.7 Å². The number of benzene rings is 2. The summed E-state index contributed by atoms with van der Waals surface area (Å²) in [6, 6.07) is 13.6. The minimum atomic E-state index is -0.319. The largest absolute Gasteiger partial charge is 0.382 e. The molecule has 0 amide bonds. The fourth-order valence-corrected chi connectivity index (χ4v) is 2.38.